The topological polar surface area (TPSA) is 37.7 Å². The van der Waals surface area contributed by atoms with Gasteiger partial charge in [-0.1, -0.05) is 12.1 Å². The summed E-state index contributed by atoms with van der Waals surface area (Å²) in [5.74, 6) is 1.06. The van der Waals surface area contributed by atoms with Gasteiger partial charge in [0.05, 0.1) is 6.61 Å². The molecular formula is C20H25N3O2. The molecule has 0 radical (unpaired) electrons. The summed E-state index contributed by atoms with van der Waals surface area (Å²) >= 11 is 0. The van der Waals surface area contributed by atoms with Crippen LogP contribution in [0.4, 0.5) is 0 Å². The monoisotopic (exact) mass is 339 g/mol. The lowest BCUT2D eigenvalue weighted by Crippen LogP contribution is -2.45. The summed E-state index contributed by atoms with van der Waals surface area (Å²) in [6.07, 6.45) is 2.89. The molecule has 0 aliphatic carbocycles. The van der Waals surface area contributed by atoms with Gasteiger partial charge in [0.1, 0.15) is 5.75 Å². The average molecular weight is 339 g/mol. The van der Waals surface area contributed by atoms with Crippen molar-refractivity contribution in [3.05, 3.63) is 63.6 Å². The fraction of sp³-hybridized carbons (Fsp3) is 0.450. The summed E-state index contributed by atoms with van der Waals surface area (Å²) in [5, 5.41) is 0. The molecule has 0 bridgehead atoms. The number of pyridine rings is 1. The van der Waals surface area contributed by atoms with E-state index in [-0.39, 0.29) is 5.56 Å². The van der Waals surface area contributed by atoms with Crippen LogP contribution in [-0.4, -0.2) is 47.2 Å². The number of aryl methyl sites for hydroxylation is 1. The predicted octanol–water partition coefficient (Wildman–Crippen LogP) is 1.64. The number of hydrogen-bond acceptors (Lipinski definition) is 4. The highest BCUT2D eigenvalue weighted by atomic mass is 16.5. The summed E-state index contributed by atoms with van der Waals surface area (Å²) in [4.78, 5) is 16.7. The summed E-state index contributed by atoms with van der Waals surface area (Å²) in [5.41, 5.74) is 3.90. The zero-order valence-electron chi connectivity index (χ0n) is 14.8. The van der Waals surface area contributed by atoms with Crippen LogP contribution in [0.15, 0.2) is 41.3 Å². The van der Waals surface area contributed by atoms with Gasteiger partial charge in [-0.25, -0.2) is 0 Å². The maximum atomic E-state index is 11.7. The highest BCUT2D eigenvalue weighted by Gasteiger charge is 2.18. The normalized spacial score (nSPS) is 18.1. The van der Waals surface area contributed by atoms with Crippen molar-refractivity contribution in [1.82, 2.24) is 14.4 Å². The maximum absolute atomic E-state index is 11.7. The number of aromatic nitrogens is 1. The van der Waals surface area contributed by atoms with Gasteiger partial charge in [0.15, 0.2) is 0 Å². The average Bonchev–Trinajstić information content (AvgIpc) is 3.08. The fourth-order valence-electron chi connectivity index (χ4n) is 3.65. The van der Waals surface area contributed by atoms with E-state index in [2.05, 4.69) is 28.0 Å². The van der Waals surface area contributed by atoms with E-state index in [1.165, 1.54) is 11.1 Å². The third-order valence-corrected chi connectivity index (χ3v) is 5.20. The van der Waals surface area contributed by atoms with Crippen LogP contribution in [0, 0.1) is 0 Å². The van der Waals surface area contributed by atoms with E-state index in [0.717, 1.165) is 63.6 Å². The summed E-state index contributed by atoms with van der Waals surface area (Å²) in [7, 11) is 1.79. The molecule has 0 amide bonds. The van der Waals surface area contributed by atoms with Crippen molar-refractivity contribution in [3.8, 4) is 5.75 Å². The standard InChI is InChI=1S/C20H25N3O2/c1-21-6-4-17(13-20(21)24)15-23-9-7-22(8-10-23)14-16-2-3-19-18(12-16)5-11-25-19/h2-4,6,12-13H,5,7-11,14-15H2,1H3. The first kappa shape index (κ1) is 16.4. The number of ether oxygens (including phenoxy) is 1. The van der Waals surface area contributed by atoms with Gasteiger partial charge in [-0.2, -0.15) is 0 Å². The first-order chi connectivity index (χ1) is 12.2. The van der Waals surface area contributed by atoms with E-state index in [1.54, 1.807) is 17.7 Å². The molecule has 1 aromatic heterocycles. The molecule has 0 atom stereocenters. The minimum Gasteiger partial charge on any atom is -0.493 e. The van der Waals surface area contributed by atoms with Gasteiger partial charge in [0, 0.05) is 65.0 Å². The number of hydrogen-bond donors (Lipinski definition) is 0. The molecule has 2 aliphatic rings. The molecule has 1 aromatic carbocycles. The number of rotatable bonds is 4. The molecule has 2 aromatic rings. The van der Waals surface area contributed by atoms with E-state index in [9.17, 15) is 4.79 Å². The van der Waals surface area contributed by atoms with Crippen molar-refractivity contribution in [3.63, 3.8) is 0 Å². The van der Waals surface area contributed by atoms with Crippen LogP contribution < -0.4 is 10.3 Å². The number of piperazine rings is 1. The lowest BCUT2D eigenvalue weighted by molar-refractivity contribution is 0.122. The Labute approximate surface area is 148 Å². The van der Waals surface area contributed by atoms with Crippen molar-refractivity contribution >= 4 is 0 Å². The molecular weight excluding hydrogens is 314 g/mol. The van der Waals surface area contributed by atoms with Gasteiger partial charge in [-0.3, -0.25) is 14.6 Å². The van der Waals surface area contributed by atoms with Crippen molar-refractivity contribution in [2.24, 2.45) is 7.05 Å². The molecule has 1 fully saturated rings. The van der Waals surface area contributed by atoms with Gasteiger partial charge in [-0.15, -0.1) is 0 Å². The van der Waals surface area contributed by atoms with Gasteiger partial charge in [0.2, 0.25) is 0 Å². The minimum absolute atomic E-state index is 0.0664. The lowest BCUT2D eigenvalue weighted by Gasteiger charge is -2.34. The quantitative estimate of drug-likeness (QED) is 0.849. The highest BCUT2D eigenvalue weighted by molar-refractivity contribution is 5.39. The maximum Gasteiger partial charge on any atom is 0.250 e. The SMILES string of the molecule is Cn1ccc(CN2CCN(Cc3ccc4c(c3)CCO4)CC2)cc1=O. The van der Waals surface area contributed by atoms with Gasteiger partial charge in [-0.05, 0) is 28.8 Å². The molecule has 132 valence electrons. The Kier molecular flexibility index (Phi) is 4.59. The van der Waals surface area contributed by atoms with E-state index >= 15 is 0 Å². The highest BCUT2D eigenvalue weighted by Crippen LogP contribution is 2.26. The van der Waals surface area contributed by atoms with E-state index in [4.69, 9.17) is 4.74 Å². The van der Waals surface area contributed by atoms with E-state index < -0.39 is 0 Å². The largest absolute Gasteiger partial charge is 0.493 e. The molecule has 5 nitrogen and oxygen atoms in total. The number of benzene rings is 1. The van der Waals surface area contributed by atoms with Gasteiger partial charge >= 0.3 is 0 Å². The summed E-state index contributed by atoms with van der Waals surface area (Å²) in [6, 6.07) is 10.4. The van der Waals surface area contributed by atoms with Gasteiger partial charge < -0.3 is 9.30 Å². The lowest BCUT2D eigenvalue weighted by atomic mass is 10.1. The van der Waals surface area contributed by atoms with Crippen molar-refractivity contribution in [1.29, 1.82) is 0 Å². The van der Waals surface area contributed by atoms with Gasteiger partial charge in [0.25, 0.3) is 5.56 Å². The van der Waals surface area contributed by atoms with Crippen LogP contribution in [0.2, 0.25) is 0 Å². The van der Waals surface area contributed by atoms with Crippen LogP contribution in [0.3, 0.4) is 0 Å². The molecule has 4 rings (SSSR count). The number of fused-ring (bicyclic) bond motifs is 1. The zero-order chi connectivity index (χ0) is 17.2. The Morgan fingerprint density at radius 3 is 2.32 bits per heavy atom. The fourth-order valence-corrected chi connectivity index (χ4v) is 3.65. The second-order valence-electron chi connectivity index (χ2n) is 7.08. The second kappa shape index (κ2) is 7.02. The summed E-state index contributed by atoms with van der Waals surface area (Å²) in [6.45, 7) is 6.91. The third-order valence-electron chi connectivity index (χ3n) is 5.20. The zero-order valence-corrected chi connectivity index (χ0v) is 14.8. The van der Waals surface area contributed by atoms with Crippen LogP contribution in [0.5, 0.6) is 5.75 Å². The van der Waals surface area contributed by atoms with Crippen LogP contribution in [-0.2, 0) is 26.6 Å². The Bertz CT molecular complexity index is 807. The van der Waals surface area contributed by atoms with Crippen LogP contribution >= 0.6 is 0 Å². The molecule has 1 saturated heterocycles. The Morgan fingerprint density at radius 2 is 1.64 bits per heavy atom. The van der Waals surface area contributed by atoms with Crippen molar-refractivity contribution in [2.75, 3.05) is 32.8 Å². The van der Waals surface area contributed by atoms with E-state index in [1.807, 2.05) is 12.3 Å². The number of nitrogens with zero attached hydrogens (tertiary/aromatic N) is 3. The molecule has 25 heavy (non-hydrogen) atoms. The minimum atomic E-state index is 0.0664. The van der Waals surface area contributed by atoms with E-state index in [0.29, 0.717) is 0 Å². The van der Waals surface area contributed by atoms with Crippen LogP contribution in [0.25, 0.3) is 0 Å². The molecule has 0 unspecified atom stereocenters. The molecule has 0 saturated carbocycles. The first-order valence-corrected chi connectivity index (χ1v) is 9.02. The molecule has 3 heterocycles. The first-order valence-electron chi connectivity index (χ1n) is 9.02. The van der Waals surface area contributed by atoms with Crippen LogP contribution in [0.1, 0.15) is 16.7 Å². The molecule has 0 N–H and O–H groups in total. The Morgan fingerprint density at radius 1 is 0.960 bits per heavy atom. The molecule has 2 aliphatic heterocycles. The molecule has 0 spiro atoms. The Balaban J connectivity index is 1.30. The second-order valence-corrected chi connectivity index (χ2v) is 7.08. The summed E-state index contributed by atoms with van der Waals surface area (Å²) < 4.78 is 7.20. The smallest absolute Gasteiger partial charge is 0.250 e. The Hall–Kier alpha value is -2.11. The van der Waals surface area contributed by atoms with Crippen molar-refractivity contribution < 1.29 is 4.74 Å². The third kappa shape index (κ3) is 3.78. The molecule has 5 heteroatoms. The van der Waals surface area contributed by atoms with Crippen molar-refractivity contribution in [2.45, 2.75) is 19.5 Å². The predicted molar refractivity (Wildman–Crippen MR) is 97.9 cm³/mol.